The smallest absolute Gasteiger partial charge is 0.317 e. The minimum atomic E-state index is -1.08. The molecule has 192 valence electrons. The highest BCUT2D eigenvalue weighted by molar-refractivity contribution is 6.30. The zero-order valence-electron chi connectivity index (χ0n) is 20.8. The molecule has 7 heteroatoms. The maximum Gasteiger partial charge on any atom is 0.317 e. The summed E-state index contributed by atoms with van der Waals surface area (Å²) >= 11 is 6.27. The highest BCUT2D eigenvalue weighted by Gasteiger charge is 2.41. The van der Waals surface area contributed by atoms with E-state index in [0.29, 0.717) is 43.3 Å². The molecule has 0 aromatic heterocycles. The fourth-order valence-corrected chi connectivity index (χ4v) is 6.12. The Balaban J connectivity index is 1.68. The number of unbranched alkanes of at least 4 members (excludes halogenated alkanes) is 1. The van der Waals surface area contributed by atoms with Crippen molar-refractivity contribution in [3.8, 4) is 0 Å². The number of likely N-dealkylation sites (N-methyl/N-ethyl adjacent to an activating group) is 1. The van der Waals surface area contributed by atoms with Gasteiger partial charge in [-0.2, -0.15) is 0 Å². The van der Waals surface area contributed by atoms with Crippen molar-refractivity contribution < 1.29 is 15.0 Å². The Morgan fingerprint density at radius 3 is 2.71 bits per heavy atom. The normalized spacial score (nSPS) is 22.2. The van der Waals surface area contributed by atoms with Gasteiger partial charge >= 0.3 is 6.03 Å². The van der Waals surface area contributed by atoms with Crippen molar-refractivity contribution in [3.63, 3.8) is 0 Å². The Bertz CT molecular complexity index is 758. The second-order valence-electron chi connectivity index (χ2n) is 10.3. The molecule has 3 unspecified atom stereocenters. The second kappa shape index (κ2) is 13.7. The van der Waals surface area contributed by atoms with Crippen molar-refractivity contribution in [1.29, 1.82) is 0 Å². The number of urea groups is 1. The topological polar surface area (TPSA) is 84.8 Å². The van der Waals surface area contributed by atoms with Gasteiger partial charge in [0, 0.05) is 43.2 Å². The number of amides is 2. The first-order valence-corrected chi connectivity index (χ1v) is 13.6. The van der Waals surface area contributed by atoms with Gasteiger partial charge in [-0.05, 0) is 69.2 Å². The summed E-state index contributed by atoms with van der Waals surface area (Å²) in [5.74, 6) is 0.617. The Labute approximate surface area is 210 Å². The van der Waals surface area contributed by atoms with Gasteiger partial charge in [-0.15, -0.1) is 0 Å². The number of hydrogen-bond donors (Lipinski definition) is 4. The predicted octanol–water partition coefficient (Wildman–Crippen LogP) is 4.67. The van der Waals surface area contributed by atoms with Gasteiger partial charge in [-0.1, -0.05) is 55.8 Å². The number of benzene rings is 1. The van der Waals surface area contributed by atoms with Gasteiger partial charge in [0.05, 0.1) is 5.60 Å². The zero-order chi connectivity index (χ0) is 24.4. The minimum absolute atomic E-state index is 0.0236. The SMILES string of the molecule is CNCC(CC1CCCCC1)NC(=O)N1CCCC(C(O)(CCCCO)c2cccc(Cl)c2)C1. The molecular formula is C27H44ClN3O3. The highest BCUT2D eigenvalue weighted by atomic mass is 35.5. The monoisotopic (exact) mass is 493 g/mol. The van der Waals surface area contributed by atoms with E-state index in [2.05, 4.69) is 10.6 Å². The number of aliphatic hydroxyl groups excluding tert-OH is 1. The van der Waals surface area contributed by atoms with Crippen LogP contribution in [-0.2, 0) is 5.60 Å². The Kier molecular flexibility index (Phi) is 11.0. The summed E-state index contributed by atoms with van der Waals surface area (Å²) in [6, 6.07) is 7.55. The van der Waals surface area contributed by atoms with Crippen molar-refractivity contribution in [3.05, 3.63) is 34.9 Å². The summed E-state index contributed by atoms with van der Waals surface area (Å²) in [5, 5.41) is 28.4. The van der Waals surface area contributed by atoms with Crippen molar-refractivity contribution in [2.75, 3.05) is 33.3 Å². The van der Waals surface area contributed by atoms with Gasteiger partial charge in [0.15, 0.2) is 0 Å². The van der Waals surface area contributed by atoms with Gasteiger partial charge in [0.25, 0.3) is 0 Å². The molecule has 2 fully saturated rings. The lowest BCUT2D eigenvalue weighted by Crippen LogP contribution is -2.54. The van der Waals surface area contributed by atoms with Crippen LogP contribution < -0.4 is 10.6 Å². The van der Waals surface area contributed by atoms with Crippen LogP contribution >= 0.6 is 11.6 Å². The van der Waals surface area contributed by atoms with E-state index in [0.717, 1.165) is 31.4 Å². The maximum absolute atomic E-state index is 13.3. The van der Waals surface area contributed by atoms with Crippen LogP contribution in [0.15, 0.2) is 24.3 Å². The van der Waals surface area contributed by atoms with Gasteiger partial charge in [0.1, 0.15) is 0 Å². The first kappa shape index (κ1) is 27.3. The van der Waals surface area contributed by atoms with Crippen LogP contribution in [0.2, 0.25) is 5.02 Å². The van der Waals surface area contributed by atoms with Crippen molar-refractivity contribution >= 4 is 17.6 Å². The lowest BCUT2D eigenvalue weighted by Gasteiger charge is -2.43. The molecule has 6 nitrogen and oxygen atoms in total. The summed E-state index contributed by atoms with van der Waals surface area (Å²) < 4.78 is 0. The average molecular weight is 494 g/mol. The molecule has 1 heterocycles. The molecule has 1 aliphatic heterocycles. The third-order valence-corrected chi connectivity index (χ3v) is 8.03. The van der Waals surface area contributed by atoms with Crippen molar-refractivity contribution in [2.45, 2.75) is 82.3 Å². The molecule has 1 saturated carbocycles. The average Bonchev–Trinajstić information content (AvgIpc) is 2.85. The zero-order valence-corrected chi connectivity index (χ0v) is 21.5. The molecule has 1 saturated heterocycles. The molecule has 34 heavy (non-hydrogen) atoms. The standard InChI is InChI=1S/C27H44ClN3O3/c1-29-19-25(17-21-9-3-2-4-10-21)30-26(33)31-15-8-12-23(20-31)27(34,14-5-6-16-32)22-11-7-13-24(28)18-22/h7,11,13,18,21,23,25,29,32,34H,2-6,8-10,12,14-17,19-20H2,1H3,(H,30,33). The highest BCUT2D eigenvalue weighted by Crippen LogP contribution is 2.40. The van der Waals surface area contributed by atoms with E-state index < -0.39 is 5.60 Å². The predicted molar refractivity (Wildman–Crippen MR) is 138 cm³/mol. The first-order valence-electron chi connectivity index (χ1n) is 13.3. The quantitative estimate of drug-likeness (QED) is 0.337. The van der Waals surface area contributed by atoms with Crippen LogP contribution in [-0.4, -0.2) is 60.5 Å². The number of carbonyl (C=O) groups is 1. The molecule has 3 atom stereocenters. The number of nitrogens with zero attached hydrogens (tertiary/aromatic N) is 1. The molecule has 1 aromatic carbocycles. The van der Waals surface area contributed by atoms with E-state index in [1.807, 2.05) is 36.2 Å². The van der Waals surface area contributed by atoms with Gasteiger partial charge < -0.3 is 25.7 Å². The van der Waals surface area contributed by atoms with E-state index >= 15 is 0 Å². The number of likely N-dealkylation sites (tertiary alicyclic amines) is 1. The van der Waals surface area contributed by atoms with Gasteiger partial charge in [-0.25, -0.2) is 4.79 Å². The fourth-order valence-electron chi connectivity index (χ4n) is 5.93. The van der Waals surface area contributed by atoms with Gasteiger partial charge in [0.2, 0.25) is 0 Å². The lowest BCUT2D eigenvalue weighted by atomic mass is 9.74. The molecule has 1 aromatic rings. The Morgan fingerprint density at radius 2 is 2.00 bits per heavy atom. The maximum atomic E-state index is 13.3. The molecule has 4 N–H and O–H groups in total. The molecule has 0 spiro atoms. The Morgan fingerprint density at radius 1 is 1.21 bits per heavy atom. The summed E-state index contributed by atoms with van der Waals surface area (Å²) in [6.45, 7) is 2.11. The number of carbonyl (C=O) groups excluding carboxylic acids is 1. The van der Waals surface area contributed by atoms with Crippen LogP contribution in [0.5, 0.6) is 0 Å². The van der Waals surface area contributed by atoms with Crippen LogP contribution in [0.4, 0.5) is 4.79 Å². The van der Waals surface area contributed by atoms with Gasteiger partial charge in [-0.3, -0.25) is 0 Å². The summed E-state index contributed by atoms with van der Waals surface area (Å²) in [5.41, 5.74) is -0.276. The minimum Gasteiger partial charge on any atom is -0.396 e. The van der Waals surface area contributed by atoms with E-state index in [9.17, 15) is 15.0 Å². The number of halogens is 1. The van der Waals surface area contributed by atoms with E-state index in [1.54, 1.807) is 0 Å². The van der Waals surface area contributed by atoms with E-state index in [4.69, 9.17) is 11.6 Å². The van der Waals surface area contributed by atoms with Crippen LogP contribution in [0.3, 0.4) is 0 Å². The first-order chi connectivity index (χ1) is 16.5. The molecule has 1 aliphatic carbocycles. The molecule has 2 amide bonds. The number of hydrogen-bond acceptors (Lipinski definition) is 4. The number of rotatable bonds is 11. The van der Waals surface area contributed by atoms with Crippen LogP contribution in [0.1, 0.15) is 76.2 Å². The Hall–Kier alpha value is -1.34. The second-order valence-corrected chi connectivity index (χ2v) is 10.8. The van der Waals surface area contributed by atoms with Crippen molar-refractivity contribution in [2.24, 2.45) is 11.8 Å². The summed E-state index contributed by atoms with van der Waals surface area (Å²) in [6.07, 6.45) is 11.1. The van der Waals surface area contributed by atoms with Crippen LogP contribution in [0.25, 0.3) is 0 Å². The lowest BCUT2D eigenvalue weighted by molar-refractivity contribution is -0.0561. The molecular weight excluding hydrogens is 450 g/mol. The van der Waals surface area contributed by atoms with E-state index in [-0.39, 0.29) is 24.6 Å². The molecule has 0 bridgehead atoms. The van der Waals surface area contributed by atoms with Crippen LogP contribution in [0, 0.1) is 11.8 Å². The summed E-state index contributed by atoms with van der Waals surface area (Å²) in [7, 11) is 1.94. The third-order valence-electron chi connectivity index (χ3n) is 7.80. The largest absolute Gasteiger partial charge is 0.396 e. The number of aliphatic hydroxyl groups is 2. The number of nitrogens with one attached hydrogen (secondary N) is 2. The molecule has 3 rings (SSSR count). The number of piperidine rings is 1. The molecule has 0 radical (unpaired) electrons. The molecule has 2 aliphatic rings. The van der Waals surface area contributed by atoms with E-state index in [1.165, 1.54) is 32.1 Å². The fraction of sp³-hybridized carbons (Fsp3) is 0.741. The van der Waals surface area contributed by atoms with Crippen molar-refractivity contribution in [1.82, 2.24) is 15.5 Å². The summed E-state index contributed by atoms with van der Waals surface area (Å²) in [4.78, 5) is 15.2. The third kappa shape index (κ3) is 7.58.